The molecule has 304 valence electrons. The number of aryl methyl sites for hydroxylation is 2. The van der Waals surface area contributed by atoms with E-state index in [4.69, 9.17) is 28.3 Å². The van der Waals surface area contributed by atoms with Crippen LogP contribution in [0.5, 0.6) is 0 Å². The number of aromatic nitrogens is 4. The van der Waals surface area contributed by atoms with Gasteiger partial charge in [-0.3, -0.25) is 0 Å². The number of likely N-dealkylation sites (tertiary alicyclic amines) is 2. The van der Waals surface area contributed by atoms with Crippen LogP contribution in [-0.4, -0.2) is 98.0 Å². The van der Waals surface area contributed by atoms with Gasteiger partial charge in [-0.2, -0.15) is 0 Å². The monoisotopic (exact) mass is 782 g/mol. The minimum atomic E-state index is -0.221. The van der Waals surface area contributed by atoms with Gasteiger partial charge in [0.15, 0.2) is 0 Å². The van der Waals surface area contributed by atoms with E-state index >= 15 is 0 Å². The van der Waals surface area contributed by atoms with E-state index in [1.165, 1.54) is 0 Å². The fourth-order valence-corrected chi connectivity index (χ4v) is 7.35. The van der Waals surface area contributed by atoms with Crippen LogP contribution in [0.4, 0.5) is 21.5 Å². The zero-order valence-corrected chi connectivity index (χ0v) is 33.2. The van der Waals surface area contributed by atoms with Gasteiger partial charge in [-0.1, -0.05) is 24.3 Å². The van der Waals surface area contributed by atoms with Crippen LogP contribution in [0.3, 0.4) is 0 Å². The van der Waals surface area contributed by atoms with Gasteiger partial charge >= 0.3 is 12.2 Å². The number of hydrogen-bond donors (Lipinski definition) is 2. The second kappa shape index (κ2) is 18.8. The minimum Gasteiger partial charge on any atom is -0.464 e. The molecular formula is C42H54N8O7. The maximum atomic E-state index is 11.9. The van der Waals surface area contributed by atoms with Crippen LogP contribution in [0.2, 0.25) is 0 Å². The van der Waals surface area contributed by atoms with Crippen molar-refractivity contribution in [3.05, 3.63) is 95.8 Å². The predicted molar refractivity (Wildman–Crippen MR) is 219 cm³/mol. The van der Waals surface area contributed by atoms with Gasteiger partial charge in [0.2, 0.25) is 11.9 Å². The van der Waals surface area contributed by atoms with Gasteiger partial charge in [0, 0.05) is 38.3 Å². The molecule has 2 aromatic carbocycles. The molecule has 2 aliphatic heterocycles. The standard InChI is InChI=1S/2C21H26N4O3.H2O/c2*1-3-27-21(26)24-12-10-16(11-13-24)22-20-23-18-6-4-5-7-19(18)25(20)14-17-9-8-15(2)28-17;/h2*4-9,16H,3,10-14H2,1-2H3,(H,22,23);1H2. The number of nitrogens with zero attached hydrogens (tertiary/aromatic N) is 6. The van der Waals surface area contributed by atoms with Crippen molar-refractivity contribution in [1.82, 2.24) is 28.9 Å². The first kappa shape index (κ1) is 40.7. The van der Waals surface area contributed by atoms with Gasteiger partial charge in [-0.15, -0.1) is 0 Å². The van der Waals surface area contributed by atoms with E-state index in [9.17, 15) is 9.59 Å². The Balaban J connectivity index is 0.000000189. The largest absolute Gasteiger partial charge is 0.464 e. The summed E-state index contributed by atoms with van der Waals surface area (Å²) in [6.45, 7) is 12.4. The van der Waals surface area contributed by atoms with Crippen LogP contribution in [0.25, 0.3) is 22.1 Å². The number of carbonyl (C=O) groups is 2. The summed E-state index contributed by atoms with van der Waals surface area (Å²) in [7, 11) is 0. The second-order valence-corrected chi connectivity index (χ2v) is 14.3. The van der Waals surface area contributed by atoms with Gasteiger partial charge in [0.1, 0.15) is 23.0 Å². The highest BCUT2D eigenvalue weighted by molar-refractivity contribution is 5.79. The molecular weight excluding hydrogens is 729 g/mol. The van der Waals surface area contributed by atoms with E-state index in [1.54, 1.807) is 9.80 Å². The summed E-state index contributed by atoms with van der Waals surface area (Å²) in [6.07, 6.45) is 3.01. The van der Waals surface area contributed by atoms with Crippen LogP contribution in [-0.2, 0) is 22.6 Å². The van der Waals surface area contributed by atoms with E-state index in [2.05, 4.69) is 31.9 Å². The summed E-state index contributed by atoms with van der Waals surface area (Å²) in [5, 5.41) is 7.18. The van der Waals surface area contributed by atoms with Gasteiger partial charge in [-0.05, 0) is 102 Å². The molecule has 6 heterocycles. The number of nitrogens with one attached hydrogen (secondary N) is 2. The fraction of sp³-hybridized carbons (Fsp3) is 0.429. The Morgan fingerprint density at radius 2 is 1.02 bits per heavy atom. The molecule has 0 radical (unpaired) electrons. The number of benzene rings is 2. The lowest BCUT2D eigenvalue weighted by Crippen LogP contribution is -2.42. The first-order chi connectivity index (χ1) is 27.3. The molecule has 4 N–H and O–H groups in total. The van der Waals surface area contributed by atoms with Crippen molar-refractivity contribution < 1.29 is 33.4 Å². The third kappa shape index (κ3) is 9.89. The topological polar surface area (TPSA) is 177 Å². The lowest BCUT2D eigenvalue weighted by Gasteiger charge is -2.31. The van der Waals surface area contributed by atoms with Crippen molar-refractivity contribution in [2.75, 3.05) is 50.0 Å². The lowest BCUT2D eigenvalue weighted by atomic mass is 10.1. The third-order valence-corrected chi connectivity index (χ3v) is 10.2. The molecule has 0 bridgehead atoms. The summed E-state index contributed by atoms with van der Waals surface area (Å²) in [6, 6.07) is 24.7. The molecule has 0 saturated carbocycles. The van der Waals surface area contributed by atoms with E-state index < -0.39 is 0 Å². The van der Waals surface area contributed by atoms with E-state index in [0.29, 0.717) is 52.5 Å². The SMILES string of the molecule is CCOC(=O)N1CCC(Nc2nc3ccccc3n2Cc2ccc(C)o2)CC1.CCOC(=O)N1CCC(Nc2nc3ccccc3n2Cc2ccc(C)o2)CC1.O. The number of furan rings is 2. The Morgan fingerprint density at radius 1 is 0.632 bits per heavy atom. The van der Waals surface area contributed by atoms with Crippen LogP contribution >= 0.6 is 0 Å². The van der Waals surface area contributed by atoms with Crippen molar-refractivity contribution in [3.8, 4) is 0 Å². The number of imidazole rings is 2. The summed E-state index contributed by atoms with van der Waals surface area (Å²) in [5.41, 5.74) is 4.06. The van der Waals surface area contributed by atoms with Gasteiger partial charge in [-0.25, -0.2) is 19.6 Å². The van der Waals surface area contributed by atoms with Crippen LogP contribution in [0, 0.1) is 13.8 Å². The molecule has 8 rings (SSSR count). The first-order valence-electron chi connectivity index (χ1n) is 19.7. The zero-order chi connectivity index (χ0) is 39.0. The average Bonchev–Trinajstić information content (AvgIpc) is 3.99. The molecule has 2 aliphatic rings. The highest BCUT2D eigenvalue weighted by atomic mass is 16.6. The molecule has 0 unspecified atom stereocenters. The van der Waals surface area contributed by atoms with Gasteiger partial charge in [0.05, 0.1) is 48.4 Å². The summed E-state index contributed by atoms with van der Waals surface area (Å²) < 4.78 is 26.1. The number of rotatable bonds is 10. The number of piperidine rings is 2. The number of hydrogen-bond acceptors (Lipinski definition) is 10. The molecule has 4 aromatic heterocycles. The minimum absolute atomic E-state index is 0. The molecule has 2 fully saturated rings. The number of carbonyl (C=O) groups excluding carboxylic acids is 2. The van der Waals surface area contributed by atoms with E-state index in [0.717, 1.165) is 82.7 Å². The summed E-state index contributed by atoms with van der Waals surface area (Å²) in [4.78, 5) is 36.9. The quantitative estimate of drug-likeness (QED) is 0.144. The Morgan fingerprint density at radius 3 is 1.37 bits per heavy atom. The molecule has 0 atom stereocenters. The summed E-state index contributed by atoms with van der Waals surface area (Å²) in [5.74, 6) is 5.29. The maximum Gasteiger partial charge on any atom is 0.409 e. The predicted octanol–water partition coefficient (Wildman–Crippen LogP) is 7.21. The Bertz CT molecular complexity index is 2070. The Hall–Kier alpha value is -5.96. The van der Waals surface area contributed by atoms with E-state index in [1.807, 2.05) is 88.4 Å². The normalized spacial score (nSPS) is 14.9. The number of anilines is 2. The van der Waals surface area contributed by atoms with Crippen LogP contribution < -0.4 is 10.6 Å². The smallest absolute Gasteiger partial charge is 0.409 e. The number of amides is 2. The molecule has 2 saturated heterocycles. The molecule has 15 heteroatoms. The average molecular weight is 783 g/mol. The maximum absolute atomic E-state index is 11.9. The fourth-order valence-electron chi connectivity index (χ4n) is 7.35. The Kier molecular flexibility index (Phi) is 13.4. The third-order valence-electron chi connectivity index (χ3n) is 10.2. The number of ether oxygens (including phenoxy) is 2. The van der Waals surface area contributed by atoms with Crippen molar-refractivity contribution in [2.24, 2.45) is 0 Å². The zero-order valence-electron chi connectivity index (χ0n) is 33.2. The van der Waals surface area contributed by atoms with Gasteiger partial charge < -0.3 is 53.4 Å². The summed E-state index contributed by atoms with van der Waals surface area (Å²) >= 11 is 0. The first-order valence-corrected chi connectivity index (χ1v) is 19.7. The molecule has 15 nitrogen and oxygen atoms in total. The molecule has 6 aromatic rings. The molecule has 2 amide bonds. The van der Waals surface area contributed by atoms with Crippen molar-refractivity contribution in [1.29, 1.82) is 0 Å². The molecule has 0 spiro atoms. The lowest BCUT2D eigenvalue weighted by molar-refractivity contribution is 0.0975. The number of fused-ring (bicyclic) bond motifs is 2. The van der Waals surface area contributed by atoms with Gasteiger partial charge in [0.25, 0.3) is 0 Å². The highest BCUT2D eigenvalue weighted by Crippen LogP contribution is 2.26. The van der Waals surface area contributed by atoms with Crippen LogP contribution in [0.15, 0.2) is 81.6 Å². The van der Waals surface area contributed by atoms with Crippen molar-refractivity contribution >= 4 is 46.1 Å². The molecule has 0 aliphatic carbocycles. The van der Waals surface area contributed by atoms with Crippen molar-refractivity contribution in [2.45, 2.75) is 78.6 Å². The van der Waals surface area contributed by atoms with E-state index in [-0.39, 0.29) is 29.7 Å². The Labute approximate surface area is 332 Å². The highest BCUT2D eigenvalue weighted by Gasteiger charge is 2.26. The number of para-hydroxylation sites is 4. The van der Waals surface area contributed by atoms with Crippen LogP contribution in [0.1, 0.15) is 62.6 Å². The second-order valence-electron chi connectivity index (χ2n) is 14.3. The van der Waals surface area contributed by atoms with Crippen molar-refractivity contribution in [3.63, 3.8) is 0 Å². The molecule has 57 heavy (non-hydrogen) atoms.